The van der Waals surface area contributed by atoms with Gasteiger partial charge in [0.05, 0.1) is 19.3 Å². The molecule has 1 aliphatic carbocycles. The summed E-state index contributed by atoms with van der Waals surface area (Å²) in [5, 5.41) is 5.45. The molecule has 1 fully saturated rings. The number of amides is 2. The van der Waals surface area contributed by atoms with Crippen molar-refractivity contribution in [1.82, 2.24) is 10.3 Å². The summed E-state index contributed by atoms with van der Waals surface area (Å²) in [5.41, 5.74) is 3.98. The van der Waals surface area contributed by atoms with Gasteiger partial charge in [-0.1, -0.05) is 6.07 Å². The van der Waals surface area contributed by atoms with E-state index in [2.05, 4.69) is 15.6 Å². The maximum atomic E-state index is 13.0. The van der Waals surface area contributed by atoms with Crippen LogP contribution in [0.1, 0.15) is 45.6 Å². The largest absolute Gasteiger partial charge is 0.496 e. The van der Waals surface area contributed by atoms with Crippen molar-refractivity contribution in [1.29, 1.82) is 0 Å². The minimum Gasteiger partial charge on any atom is -0.496 e. The third-order valence-corrected chi connectivity index (χ3v) is 5.33. The molecule has 6 nitrogen and oxygen atoms in total. The molecular formula is C22H25F2N3O3. The summed E-state index contributed by atoms with van der Waals surface area (Å²) in [6, 6.07) is 4.89. The Bertz CT molecular complexity index is 992. The zero-order chi connectivity index (χ0) is 22.1. The highest BCUT2D eigenvalue weighted by atomic mass is 19.3. The van der Waals surface area contributed by atoms with Crippen molar-refractivity contribution in [2.24, 2.45) is 5.92 Å². The van der Waals surface area contributed by atoms with Crippen LogP contribution in [0.3, 0.4) is 0 Å². The van der Waals surface area contributed by atoms with Gasteiger partial charge in [-0.2, -0.15) is 0 Å². The molecule has 2 amide bonds. The second-order valence-corrected chi connectivity index (χ2v) is 7.67. The van der Waals surface area contributed by atoms with Crippen LogP contribution in [0.4, 0.5) is 14.5 Å². The molecule has 1 heterocycles. The van der Waals surface area contributed by atoms with Crippen LogP contribution >= 0.6 is 0 Å². The molecular weight excluding hydrogens is 392 g/mol. The Balaban J connectivity index is 1.65. The van der Waals surface area contributed by atoms with Crippen LogP contribution in [-0.4, -0.2) is 29.8 Å². The summed E-state index contributed by atoms with van der Waals surface area (Å²) in [4.78, 5) is 29.0. The number of methoxy groups -OCH3 is 1. The van der Waals surface area contributed by atoms with Crippen LogP contribution in [0.25, 0.3) is 0 Å². The highest BCUT2D eigenvalue weighted by Crippen LogP contribution is 2.50. The van der Waals surface area contributed by atoms with E-state index in [1.54, 1.807) is 38.4 Å². The molecule has 1 saturated carbocycles. The average molecular weight is 417 g/mol. The van der Waals surface area contributed by atoms with Crippen molar-refractivity contribution in [2.75, 3.05) is 12.4 Å². The lowest BCUT2D eigenvalue weighted by molar-refractivity contribution is -0.117. The van der Waals surface area contributed by atoms with E-state index in [0.29, 0.717) is 16.9 Å². The van der Waals surface area contributed by atoms with Crippen LogP contribution < -0.4 is 15.4 Å². The molecule has 3 rings (SSSR count). The Kier molecular flexibility index (Phi) is 6.05. The van der Waals surface area contributed by atoms with Gasteiger partial charge in [-0.3, -0.25) is 14.6 Å². The second-order valence-electron chi connectivity index (χ2n) is 7.67. The first-order valence-corrected chi connectivity index (χ1v) is 9.68. The number of nitrogens with one attached hydrogen (secondary N) is 2. The molecule has 1 aromatic carbocycles. The summed E-state index contributed by atoms with van der Waals surface area (Å²) in [6.45, 7) is 5.76. The Labute approximate surface area is 174 Å². The van der Waals surface area contributed by atoms with Crippen LogP contribution in [0.2, 0.25) is 0 Å². The number of ether oxygens (including phenoxy) is 1. The summed E-state index contributed by atoms with van der Waals surface area (Å²) >= 11 is 0. The van der Waals surface area contributed by atoms with Gasteiger partial charge in [0.15, 0.2) is 0 Å². The molecule has 1 aromatic heterocycles. The number of aryl methyl sites for hydroxylation is 2. The fourth-order valence-electron chi connectivity index (χ4n) is 3.33. The van der Waals surface area contributed by atoms with Gasteiger partial charge in [0.25, 0.3) is 11.8 Å². The predicted molar refractivity (Wildman–Crippen MR) is 109 cm³/mol. The fourth-order valence-corrected chi connectivity index (χ4v) is 3.33. The second kappa shape index (κ2) is 8.38. The van der Waals surface area contributed by atoms with E-state index < -0.39 is 17.7 Å². The monoisotopic (exact) mass is 417 g/mol. The lowest BCUT2D eigenvalue weighted by Crippen LogP contribution is -2.24. The van der Waals surface area contributed by atoms with Crippen LogP contribution in [0.5, 0.6) is 5.75 Å². The Hall–Kier alpha value is -3.03. The normalized spacial score (nSPS) is 16.7. The zero-order valence-corrected chi connectivity index (χ0v) is 17.4. The number of hydrogen-bond donors (Lipinski definition) is 2. The molecule has 1 aliphatic rings. The lowest BCUT2D eigenvalue weighted by Gasteiger charge is -2.14. The molecule has 2 N–H and O–H groups in total. The molecule has 8 heteroatoms. The van der Waals surface area contributed by atoms with Gasteiger partial charge in [0.1, 0.15) is 5.75 Å². The minimum absolute atomic E-state index is 0.216. The first kappa shape index (κ1) is 21.7. The number of carbonyl (C=O) groups excluding carboxylic acids is 2. The first-order chi connectivity index (χ1) is 14.1. The van der Waals surface area contributed by atoms with Crippen molar-refractivity contribution in [3.8, 4) is 5.75 Å². The number of hydrogen-bond acceptors (Lipinski definition) is 4. The molecule has 0 radical (unpaired) electrons. The average Bonchev–Trinajstić information content (AvgIpc) is 3.28. The standard InChI is InChI=1S/C22H25F2N3O3/c1-12-5-6-15(7-17(12)27-19(28)8-16-9-22(16,23)24)21(29)26-11-18-14(3)20(30-4)13(2)10-25-18/h5-7,10,16H,8-9,11H2,1-4H3,(H,26,29)(H,27,28). The number of pyridine rings is 1. The number of benzene rings is 1. The van der Waals surface area contributed by atoms with Gasteiger partial charge in [-0.05, 0) is 38.5 Å². The first-order valence-electron chi connectivity index (χ1n) is 9.68. The Morgan fingerprint density at radius 3 is 2.57 bits per heavy atom. The number of anilines is 1. The minimum atomic E-state index is -2.74. The number of rotatable bonds is 7. The van der Waals surface area contributed by atoms with Gasteiger partial charge in [0.2, 0.25) is 5.91 Å². The molecule has 1 unspecified atom stereocenters. The number of alkyl halides is 2. The molecule has 0 saturated heterocycles. The van der Waals surface area contributed by atoms with Crippen molar-refractivity contribution < 1.29 is 23.1 Å². The fraction of sp³-hybridized carbons (Fsp3) is 0.409. The highest BCUT2D eigenvalue weighted by molar-refractivity contribution is 5.97. The SMILES string of the molecule is COc1c(C)cnc(CNC(=O)c2ccc(C)c(NC(=O)CC3CC3(F)F)c2)c1C. The van der Waals surface area contributed by atoms with E-state index in [4.69, 9.17) is 4.74 Å². The smallest absolute Gasteiger partial charge is 0.252 e. The van der Waals surface area contributed by atoms with Gasteiger partial charge < -0.3 is 15.4 Å². The molecule has 0 bridgehead atoms. The zero-order valence-electron chi connectivity index (χ0n) is 17.4. The maximum Gasteiger partial charge on any atom is 0.252 e. The molecule has 0 spiro atoms. The molecule has 160 valence electrons. The molecule has 1 atom stereocenters. The lowest BCUT2D eigenvalue weighted by atomic mass is 10.1. The number of aromatic nitrogens is 1. The summed E-state index contributed by atoms with van der Waals surface area (Å²) in [6.07, 6.45) is 1.21. The van der Waals surface area contributed by atoms with Crippen LogP contribution in [0.15, 0.2) is 24.4 Å². The predicted octanol–water partition coefficient (Wildman–Crippen LogP) is 3.93. The quantitative estimate of drug-likeness (QED) is 0.715. The summed E-state index contributed by atoms with van der Waals surface area (Å²) in [5.74, 6) is -3.72. The number of halogens is 2. The highest BCUT2D eigenvalue weighted by Gasteiger charge is 2.57. The maximum absolute atomic E-state index is 13.0. The summed E-state index contributed by atoms with van der Waals surface area (Å²) < 4.78 is 31.4. The Morgan fingerprint density at radius 1 is 1.23 bits per heavy atom. The Morgan fingerprint density at radius 2 is 1.93 bits per heavy atom. The van der Waals surface area contributed by atoms with Gasteiger partial charge in [0, 0.05) is 47.3 Å². The van der Waals surface area contributed by atoms with E-state index in [0.717, 1.165) is 22.4 Å². The van der Waals surface area contributed by atoms with E-state index >= 15 is 0 Å². The molecule has 0 aliphatic heterocycles. The number of carbonyl (C=O) groups is 2. The van der Waals surface area contributed by atoms with Crippen molar-refractivity contribution in [2.45, 2.75) is 46.1 Å². The third kappa shape index (κ3) is 4.75. The summed E-state index contributed by atoms with van der Waals surface area (Å²) in [7, 11) is 1.59. The van der Waals surface area contributed by atoms with Crippen molar-refractivity contribution in [3.63, 3.8) is 0 Å². The van der Waals surface area contributed by atoms with Crippen LogP contribution in [-0.2, 0) is 11.3 Å². The molecule has 30 heavy (non-hydrogen) atoms. The van der Waals surface area contributed by atoms with E-state index in [1.165, 1.54) is 0 Å². The third-order valence-electron chi connectivity index (χ3n) is 5.33. The topological polar surface area (TPSA) is 80.3 Å². The van der Waals surface area contributed by atoms with Gasteiger partial charge in [-0.25, -0.2) is 8.78 Å². The molecule has 2 aromatic rings. The van der Waals surface area contributed by atoms with Gasteiger partial charge in [-0.15, -0.1) is 0 Å². The van der Waals surface area contributed by atoms with E-state index in [1.807, 2.05) is 13.8 Å². The van der Waals surface area contributed by atoms with Gasteiger partial charge >= 0.3 is 0 Å². The van der Waals surface area contributed by atoms with Crippen LogP contribution in [0, 0.1) is 26.7 Å². The van der Waals surface area contributed by atoms with Crippen molar-refractivity contribution >= 4 is 17.5 Å². The number of nitrogens with zero attached hydrogens (tertiary/aromatic N) is 1. The van der Waals surface area contributed by atoms with Crippen molar-refractivity contribution in [3.05, 3.63) is 52.3 Å². The van der Waals surface area contributed by atoms with E-state index in [9.17, 15) is 18.4 Å². The van der Waals surface area contributed by atoms with E-state index in [-0.39, 0.29) is 25.3 Å².